The van der Waals surface area contributed by atoms with Gasteiger partial charge in [0.25, 0.3) is 5.91 Å². The molecule has 0 saturated heterocycles. The molecule has 0 unspecified atom stereocenters. The number of hydrogen-bond acceptors (Lipinski definition) is 5. The van der Waals surface area contributed by atoms with Crippen LogP contribution in [0.25, 0.3) is 11.3 Å². The Kier molecular flexibility index (Phi) is 6.62. The summed E-state index contributed by atoms with van der Waals surface area (Å²) in [4.78, 5) is 17.2. The maximum absolute atomic E-state index is 12.8. The van der Waals surface area contributed by atoms with Gasteiger partial charge in [0.15, 0.2) is 5.13 Å². The number of nitrogens with zero attached hydrogens (tertiary/aromatic N) is 2. The van der Waals surface area contributed by atoms with Gasteiger partial charge in [0, 0.05) is 24.0 Å². The number of rotatable bonds is 6. The van der Waals surface area contributed by atoms with Gasteiger partial charge in [0.2, 0.25) is 10.0 Å². The van der Waals surface area contributed by atoms with Crippen LogP contribution in [-0.2, 0) is 10.0 Å². The molecular weight excluding hydrogens is 442 g/mol. The normalized spacial score (nSPS) is 11.8. The molecule has 0 atom stereocenters. The van der Waals surface area contributed by atoms with E-state index in [2.05, 4.69) is 10.3 Å². The first-order valence-electron chi connectivity index (χ1n) is 9.21. The van der Waals surface area contributed by atoms with Crippen LogP contribution in [0.15, 0.2) is 52.7 Å². The van der Waals surface area contributed by atoms with Crippen molar-refractivity contribution in [1.82, 2.24) is 9.29 Å². The zero-order chi connectivity index (χ0) is 22.1. The van der Waals surface area contributed by atoms with Gasteiger partial charge in [-0.05, 0) is 39.0 Å². The lowest BCUT2D eigenvalue weighted by atomic mass is 10.1. The van der Waals surface area contributed by atoms with Crippen LogP contribution >= 0.6 is 22.9 Å². The average molecular weight is 464 g/mol. The van der Waals surface area contributed by atoms with E-state index in [-0.39, 0.29) is 21.5 Å². The quantitative estimate of drug-likeness (QED) is 0.554. The number of carbonyl (C=O) groups is 1. The lowest BCUT2D eigenvalue weighted by molar-refractivity contribution is 0.102. The van der Waals surface area contributed by atoms with Crippen molar-refractivity contribution in [3.8, 4) is 11.3 Å². The molecule has 0 fully saturated rings. The lowest BCUT2D eigenvalue weighted by Crippen LogP contribution is -2.33. The molecule has 0 radical (unpaired) electrons. The third-order valence-corrected chi connectivity index (χ3v) is 7.78. The molecular formula is C21H22ClN3O3S2. The van der Waals surface area contributed by atoms with Crippen LogP contribution in [0, 0.1) is 6.92 Å². The van der Waals surface area contributed by atoms with Crippen LogP contribution < -0.4 is 5.32 Å². The Balaban J connectivity index is 1.85. The van der Waals surface area contributed by atoms with E-state index in [4.69, 9.17) is 11.6 Å². The average Bonchev–Trinajstić information content (AvgIpc) is 3.16. The highest BCUT2D eigenvalue weighted by Crippen LogP contribution is 2.27. The number of amides is 1. The van der Waals surface area contributed by atoms with Crippen LogP contribution in [0.3, 0.4) is 0 Å². The largest absolute Gasteiger partial charge is 0.298 e. The molecule has 0 aliphatic carbocycles. The Morgan fingerprint density at radius 3 is 2.47 bits per heavy atom. The Morgan fingerprint density at radius 1 is 1.17 bits per heavy atom. The molecule has 1 amide bonds. The highest BCUT2D eigenvalue weighted by Gasteiger charge is 2.25. The van der Waals surface area contributed by atoms with Crippen LogP contribution in [0.1, 0.15) is 29.8 Å². The molecule has 1 aromatic heterocycles. The van der Waals surface area contributed by atoms with Gasteiger partial charge >= 0.3 is 0 Å². The number of nitrogens with one attached hydrogen (secondary N) is 1. The van der Waals surface area contributed by atoms with E-state index in [1.807, 2.05) is 36.6 Å². The topological polar surface area (TPSA) is 79.4 Å². The number of thiazole rings is 1. The zero-order valence-corrected chi connectivity index (χ0v) is 19.4. The molecule has 3 aromatic rings. The molecule has 0 spiro atoms. The number of benzene rings is 2. The number of anilines is 1. The molecule has 9 heteroatoms. The predicted molar refractivity (Wildman–Crippen MR) is 122 cm³/mol. The van der Waals surface area contributed by atoms with E-state index in [0.29, 0.717) is 5.13 Å². The Bertz CT molecular complexity index is 1170. The van der Waals surface area contributed by atoms with Crippen LogP contribution in [0.5, 0.6) is 0 Å². The first-order valence-corrected chi connectivity index (χ1v) is 11.9. The van der Waals surface area contributed by atoms with Crippen molar-refractivity contribution in [2.75, 3.05) is 12.4 Å². The second-order valence-electron chi connectivity index (χ2n) is 7.11. The van der Waals surface area contributed by atoms with Crippen molar-refractivity contribution in [1.29, 1.82) is 0 Å². The second kappa shape index (κ2) is 8.85. The van der Waals surface area contributed by atoms with Gasteiger partial charge in [-0.1, -0.05) is 41.4 Å². The molecule has 30 heavy (non-hydrogen) atoms. The Labute approximate surface area is 185 Å². The van der Waals surface area contributed by atoms with E-state index in [1.54, 1.807) is 13.8 Å². The summed E-state index contributed by atoms with van der Waals surface area (Å²) in [5, 5.41) is 5.12. The van der Waals surface area contributed by atoms with Gasteiger partial charge in [-0.15, -0.1) is 11.3 Å². The van der Waals surface area contributed by atoms with E-state index in [9.17, 15) is 13.2 Å². The standard InChI is InChI=1S/C21H22ClN3O3S2/c1-13(2)25(4)30(27,28)16-9-10-18(22)17(11-16)20(26)24-21-23-19(12-29-21)15-7-5-14(3)6-8-15/h5-13H,1-4H3,(H,23,24,26). The third kappa shape index (κ3) is 4.73. The fourth-order valence-electron chi connectivity index (χ4n) is 2.64. The number of aryl methyl sites for hydroxylation is 1. The molecule has 158 valence electrons. The highest BCUT2D eigenvalue weighted by molar-refractivity contribution is 7.89. The van der Waals surface area contributed by atoms with E-state index >= 15 is 0 Å². The summed E-state index contributed by atoms with van der Waals surface area (Å²) in [6.07, 6.45) is 0. The summed E-state index contributed by atoms with van der Waals surface area (Å²) in [5.41, 5.74) is 2.91. The fourth-order valence-corrected chi connectivity index (χ4v) is 4.95. The van der Waals surface area contributed by atoms with Gasteiger partial charge in [0.1, 0.15) is 0 Å². The van der Waals surface area contributed by atoms with Crippen molar-refractivity contribution in [3.05, 3.63) is 64.0 Å². The molecule has 0 bridgehead atoms. The SMILES string of the molecule is Cc1ccc(-c2csc(NC(=O)c3cc(S(=O)(=O)N(C)C(C)C)ccc3Cl)n2)cc1. The number of aromatic nitrogens is 1. The second-order valence-corrected chi connectivity index (χ2v) is 10.4. The third-order valence-electron chi connectivity index (χ3n) is 4.66. The van der Waals surface area contributed by atoms with E-state index < -0.39 is 15.9 Å². The predicted octanol–water partition coefficient (Wildman–Crippen LogP) is 5.05. The molecule has 2 aromatic carbocycles. The van der Waals surface area contributed by atoms with E-state index in [0.717, 1.165) is 16.8 Å². The van der Waals surface area contributed by atoms with Crippen molar-refractivity contribution in [2.45, 2.75) is 31.7 Å². The molecule has 3 rings (SSSR count). The maximum Gasteiger partial charge on any atom is 0.259 e. The van der Waals surface area contributed by atoms with Crippen LogP contribution in [-0.4, -0.2) is 36.7 Å². The molecule has 0 aliphatic heterocycles. The van der Waals surface area contributed by atoms with Crippen LogP contribution in [0.4, 0.5) is 5.13 Å². The molecule has 1 N–H and O–H groups in total. The first kappa shape index (κ1) is 22.4. The maximum atomic E-state index is 12.8. The van der Waals surface area contributed by atoms with Gasteiger partial charge in [-0.2, -0.15) is 4.31 Å². The Hall–Kier alpha value is -2.26. The number of halogens is 1. The van der Waals surface area contributed by atoms with Crippen molar-refractivity contribution in [2.24, 2.45) is 0 Å². The minimum atomic E-state index is -3.74. The molecule has 0 saturated carbocycles. The number of sulfonamides is 1. The van der Waals surface area contributed by atoms with Crippen LogP contribution in [0.2, 0.25) is 5.02 Å². The minimum absolute atomic E-state index is 0.00716. The molecule has 1 heterocycles. The highest BCUT2D eigenvalue weighted by atomic mass is 35.5. The summed E-state index contributed by atoms with van der Waals surface area (Å²) in [5.74, 6) is -0.519. The fraction of sp³-hybridized carbons (Fsp3) is 0.238. The smallest absolute Gasteiger partial charge is 0.259 e. The molecule has 0 aliphatic rings. The Morgan fingerprint density at radius 2 is 1.83 bits per heavy atom. The van der Waals surface area contributed by atoms with Crippen molar-refractivity contribution >= 4 is 44.0 Å². The monoisotopic (exact) mass is 463 g/mol. The van der Waals surface area contributed by atoms with Gasteiger partial charge < -0.3 is 0 Å². The van der Waals surface area contributed by atoms with E-state index in [1.165, 1.54) is 40.9 Å². The number of hydrogen-bond donors (Lipinski definition) is 1. The first-order chi connectivity index (χ1) is 14.1. The summed E-state index contributed by atoms with van der Waals surface area (Å²) in [6.45, 7) is 5.55. The molecule has 6 nitrogen and oxygen atoms in total. The summed E-state index contributed by atoms with van der Waals surface area (Å²) in [7, 11) is -2.24. The summed E-state index contributed by atoms with van der Waals surface area (Å²) in [6, 6.07) is 11.8. The van der Waals surface area contributed by atoms with Gasteiger partial charge in [0.05, 0.1) is 21.2 Å². The zero-order valence-electron chi connectivity index (χ0n) is 17.0. The minimum Gasteiger partial charge on any atom is -0.298 e. The van der Waals surface area contributed by atoms with Gasteiger partial charge in [-0.3, -0.25) is 10.1 Å². The summed E-state index contributed by atoms with van der Waals surface area (Å²) >= 11 is 7.46. The number of carbonyl (C=O) groups excluding carboxylic acids is 1. The van der Waals surface area contributed by atoms with Gasteiger partial charge in [-0.25, -0.2) is 13.4 Å². The lowest BCUT2D eigenvalue weighted by Gasteiger charge is -2.21. The van der Waals surface area contributed by atoms with Crippen molar-refractivity contribution in [3.63, 3.8) is 0 Å². The van der Waals surface area contributed by atoms with Crippen molar-refractivity contribution < 1.29 is 13.2 Å². The summed E-state index contributed by atoms with van der Waals surface area (Å²) < 4.78 is 26.7.